The molecule has 0 radical (unpaired) electrons. The average molecular weight is 233 g/mol. The number of halogens is 1. The van der Waals surface area contributed by atoms with Crippen LogP contribution in [0.25, 0.3) is 10.8 Å². The molecular weight excluding hydrogens is 224 g/mol. The summed E-state index contributed by atoms with van der Waals surface area (Å²) < 4.78 is 5.12. The monoisotopic (exact) mass is 232 g/mol. The zero-order valence-corrected chi connectivity index (χ0v) is 9.20. The number of rotatable bonds is 2. The van der Waals surface area contributed by atoms with Crippen molar-refractivity contribution in [3.63, 3.8) is 0 Å². The third kappa shape index (κ3) is 1.92. The van der Waals surface area contributed by atoms with Gasteiger partial charge in [0.15, 0.2) is 0 Å². The lowest BCUT2D eigenvalue weighted by Crippen LogP contribution is -2.03. The van der Waals surface area contributed by atoms with Crippen molar-refractivity contribution in [3.05, 3.63) is 54.1 Å². The molecule has 0 aliphatic heterocycles. The molecule has 0 saturated heterocycles. The molecule has 0 bridgehead atoms. The fraction of sp³-hybridized carbons (Fsp3) is 0. The van der Waals surface area contributed by atoms with Crippen LogP contribution in [0.1, 0.15) is 0 Å². The first kappa shape index (κ1) is 10.7. The van der Waals surface area contributed by atoms with E-state index in [1.54, 1.807) is 12.1 Å². The minimum Gasteiger partial charge on any atom is -0.423 e. The van der Waals surface area contributed by atoms with Crippen LogP contribution in [0, 0.1) is 0 Å². The van der Waals surface area contributed by atoms with Crippen LogP contribution in [0.15, 0.2) is 49.1 Å². The van der Waals surface area contributed by atoms with Crippen LogP contribution in [0.3, 0.4) is 0 Å². The zero-order chi connectivity index (χ0) is 11.5. The Balaban J connectivity index is 2.58. The Morgan fingerprint density at radius 2 is 1.88 bits per heavy atom. The van der Waals surface area contributed by atoms with Crippen molar-refractivity contribution in [1.82, 2.24) is 0 Å². The lowest BCUT2D eigenvalue weighted by atomic mass is 10.1. The Morgan fingerprint density at radius 1 is 1.19 bits per heavy atom. The Morgan fingerprint density at radius 3 is 2.56 bits per heavy atom. The molecule has 16 heavy (non-hydrogen) atoms. The maximum atomic E-state index is 11.1. The van der Waals surface area contributed by atoms with Crippen molar-refractivity contribution < 1.29 is 9.53 Å². The van der Waals surface area contributed by atoms with Crippen molar-refractivity contribution in [3.8, 4) is 5.75 Å². The van der Waals surface area contributed by atoms with Gasteiger partial charge in [0.05, 0.1) is 0 Å². The van der Waals surface area contributed by atoms with Gasteiger partial charge in [0, 0.05) is 21.9 Å². The number of hydrogen-bond donors (Lipinski definition) is 0. The zero-order valence-electron chi connectivity index (χ0n) is 8.44. The van der Waals surface area contributed by atoms with Crippen LogP contribution < -0.4 is 4.74 Å². The molecule has 0 atom stereocenters. The van der Waals surface area contributed by atoms with E-state index in [1.165, 1.54) is 0 Å². The van der Waals surface area contributed by atoms with E-state index in [4.69, 9.17) is 16.3 Å². The van der Waals surface area contributed by atoms with Crippen molar-refractivity contribution in [2.24, 2.45) is 0 Å². The average Bonchev–Trinajstić information content (AvgIpc) is 2.33. The van der Waals surface area contributed by atoms with Gasteiger partial charge < -0.3 is 4.74 Å². The molecule has 0 N–H and O–H groups in total. The predicted molar refractivity (Wildman–Crippen MR) is 64.8 cm³/mol. The molecule has 0 aliphatic rings. The second-order valence-corrected chi connectivity index (χ2v) is 3.62. The molecule has 0 saturated carbocycles. The van der Waals surface area contributed by atoms with E-state index < -0.39 is 5.97 Å². The molecule has 0 spiro atoms. The fourth-order valence-corrected chi connectivity index (χ4v) is 1.70. The highest BCUT2D eigenvalue weighted by molar-refractivity contribution is 6.35. The molecule has 0 amide bonds. The quantitative estimate of drug-likeness (QED) is 0.449. The van der Waals surface area contributed by atoms with Crippen LogP contribution in [0.5, 0.6) is 5.75 Å². The highest BCUT2D eigenvalue weighted by Crippen LogP contribution is 2.31. The van der Waals surface area contributed by atoms with Crippen LogP contribution in [-0.4, -0.2) is 5.97 Å². The standard InChI is InChI=1S/C13H9ClO2/c1-2-13(15)16-12-8-7-11(14)9-5-3-4-6-10(9)12/h2-8H,1H2. The summed E-state index contributed by atoms with van der Waals surface area (Å²) in [6, 6.07) is 10.9. The number of ether oxygens (including phenoxy) is 1. The highest BCUT2D eigenvalue weighted by atomic mass is 35.5. The van der Waals surface area contributed by atoms with E-state index in [0.29, 0.717) is 10.8 Å². The molecule has 0 heterocycles. The van der Waals surface area contributed by atoms with Crippen molar-refractivity contribution >= 4 is 28.3 Å². The van der Waals surface area contributed by atoms with E-state index in [0.717, 1.165) is 16.8 Å². The van der Waals surface area contributed by atoms with E-state index >= 15 is 0 Å². The lowest BCUT2D eigenvalue weighted by Gasteiger charge is -2.06. The summed E-state index contributed by atoms with van der Waals surface area (Å²) in [7, 11) is 0. The largest absolute Gasteiger partial charge is 0.423 e. The summed E-state index contributed by atoms with van der Waals surface area (Å²) in [6.07, 6.45) is 1.13. The van der Waals surface area contributed by atoms with E-state index in [9.17, 15) is 4.79 Å². The Labute approximate surface area is 98.1 Å². The summed E-state index contributed by atoms with van der Waals surface area (Å²) in [5.74, 6) is 0.0115. The number of fused-ring (bicyclic) bond motifs is 1. The van der Waals surface area contributed by atoms with Gasteiger partial charge in [0.2, 0.25) is 0 Å². The van der Waals surface area contributed by atoms with Crippen LogP contribution >= 0.6 is 11.6 Å². The fourth-order valence-electron chi connectivity index (χ4n) is 1.47. The normalized spacial score (nSPS) is 10.1. The van der Waals surface area contributed by atoms with Crippen LogP contribution in [-0.2, 0) is 4.79 Å². The molecule has 2 rings (SSSR count). The second kappa shape index (κ2) is 4.37. The molecule has 0 unspecified atom stereocenters. The summed E-state index contributed by atoms with van der Waals surface area (Å²) >= 11 is 6.04. The molecule has 2 nitrogen and oxygen atoms in total. The molecule has 0 aliphatic carbocycles. The van der Waals surface area contributed by atoms with Gasteiger partial charge in [0.1, 0.15) is 5.75 Å². The molecular formula is C13H9ClO2. The van der Waals surface area contributed by atoms with Crippen molar-refractivity contribution in [1.29, 1.82) is 0 Å². The van der Waals surface area contributed by atoms with Gasteiger partial charge in [-0.3, -0.25) is 0 Å². The molecule has 2 aromatic carbocycles. The van der Waals surface area contributed by atoms with Gasteiger partial charge in [-0.05, 0) is 12.1 Å². The Hall–Kier alpha value is -1.80. The third-order valence-corrected chi connectivity index (χ3v) is 2.54. The Bertz CT molecular complexity index is 561. The first-order valence-electron chi connectivity index (χ1n) is 4.74. The first-order valence-corrected chi connectivity index (χ1v) is 5.11. The van der Waals surface area contributed by atoms with E-state index in [2.05, 4.69) is 6.58 Å². The maximum absolute atomic E-state index is 11.1. The molecule has 80 valence electrons. The molecule has 0 fully saturated rings. The number of carbonyl (C=O) groups is 1. The van der Waals surface area contributed by atoms with Gasteiger partial charge in [-0.15, -0.1) is 0 Å². The smallest absolute Gasteiger partial charge is 0.335 e. The van der Waals surface area contributed by atoms with Crippen LogP contribution in [0.4, 0.5) is 0 Å². The van der Waals surface area contributed by atoms with E-state index in [-0.39, 0.29) is 0 Å². The SMILES string of the molecule is C=CC(=O)Oc1ccc(Cl)c2ccccc12. The number of carbonyl (C=O) groups excluding carboxylic acids is 1. The van der Waals surface area contributed by atoms with Gasteiger partial charge in [-0.25, -0.2) is 4.79 Å². The predicted octanol–water partition coefficient (Wildman–Crippen LogP) is 3.58. The van der Waals surface area contributed by atoms with Gasteiger partial charge in [-0.2, -0.15) is 0 Å². The first-order chi connectivity index (χ1) is 7.72. The van der Waals surface area contributed by atoms with E-state index in [1.807, 2.05) is 24.3 Å². The number of benzene rings is 2. The summed E-state index contributed by atoms with van der Waals surface area (Å²) in [4.78, 5) is 11.1. The number of esters is 1. The Kier molecular flexibility index (Phi) is 2.93. The number of hydrogen-bond acceptors (Lipinski definition) is 2. The molecule has 2 aromatic rings. The van der Waals surface area contributed by atoms with Crippen LogP contribution in [0.2, 0.25) is 5.02 Å². The third-order valence-electron chi connectivity index (χ3n) is 2.21. The minimum absolute atomic E-state index is 0.479. The maximum Gasteiger partial charge on any atom is 0.335 e. The topological polar surface area (TPSA) is 26.3 Å². The second-order valence-electron chi connectivity index (χ2n) is 3.22. The van der Waals surface area contributed by atoms with Gasteiger partial charge in [0.25, 0.3) is 0 Å². The van der Waals surface area contributed by atoms with Crippen molar-refractivity contribution in [2.45, 2.75) is 0 Å². The summed E-state index contributed by atoms with van der Waals surface area (Å²) in [5, 5.41) is 2.30. The minimum atomic E-state index is -0.479. The van der Waals surface area contributed by atoms with Gasteiger partial charge >= 0.3 is 5.97 Å². The van der Waals surface area contributed by atoms with Crippen molar-refractivity contribution in [2.75, 3.05) is 0 Å². The molecule has 0 aromatic heterocycles. The molecule has 3 heteroatoms. The van der Waals surface area contributed by atoms with Gasteiger partial charge in [-0.1, -0.05) is 42.4 Å². The lowest BCUT2D eigenvalue weighted by molar-refractivity contribution is -0.128. The summed E-state index contributed by atoms with van der Waals surface area (Å²) in [6.45, 7) is 3.35. The summed E-state index contributed by atoms with van der Waals surface area (Å²) in [5.41, 5.74) is 0. The highest BCUT2D eigenvalue weighted by Gasteiger charge is 2.07.